The van der Waals surface area contributed by atoms with Gasteiger partial charge < -0.3 is 20.5 Å². The highest BCUT2D eigenvalue weighted by atomic mass is 16.6. The third kappa shape index (κ3) is 4.70. The minimum atomic E-state index is -1.41. The molecule has 0 bridgehead atoms. The highest BCUT2D eigenvalue weighted by Gasteiger charge is 2.37. The lowest BCUT2D eigenvalue weighted by Crippen LogP contribution is -2.50. The molecule has 0 aliphatic heterocycles. The Balaban J connectivity index is 2.73. The van der Waals surface area contributed by atoms with Gasteiger partial charge >= 0.3 is 11.9 Å². The number of amides is 1. The molecule has 21 heavy (non-hydrogen) atoms. The Morgan fingerprint density at radius 3 is 2.19 bits per heavy atom. The van der Waals surface area contributed by atoms with Gasteiger partial charge in [0.2, 0.25) is 11.9 Å². The molecular weight excluding hydrogens is 276 g/mol. The molecule has 0 unspecified atom stereocenters. The number of hydrogen-bond acceptors (Lipinski definition) is 6. The van der Waals surface area contributed by atoms with E-state index in [1.807, 2.05) is 0 Å². The summed E-state index contributed by atoms with van der Waals surface area (Å²) in [7, 11) is 0. The molecule has 0 aromatic carbocycles. The molecule has 1 rings (SSSR count). The zero-order valence-corrected chi connectivity index (χ0v) is 12.6. The van der Waals surface area contributed by atoms with Crippen molar-refractivity contribution >= 4 is 17.8 Å². The molecule has 0 spiro atoms. The molecule has 0 aromatic rings. The number of carbonyl (C=O) groups excluding carboxylic acids is 3. The zero-order chi connectivity index (χ0) is 15.8. The van der Waals surface area contributed by atoms with E-state index in [-0.39, 0.29) is 31.0 Å². The lowest BCUT2D eigenvalue weighted by molar-refractivity contribution is -0.160. The summed E-state index contributed by atoms with van der Waals surface area (Å²) in [6.45, 7) is 3.92. The van der Waals surface area contributed by atoms with Crippen LogP contribution in [0.15, 0.2) is 0 Å². The number of rotatable bonds is 7. The SMILES string of the molecule is CCOC(=O)C(NC(=O)[C@@H]1CCC[C@@H]1CN)C(=O)OCC. The van der Waals surface area contributed by atoms with Crippen LogP contribution >= 0.6 is 0 Å². The van der Waals surface area contributed by atoms with Crippen LogP contribution in [0.3, 0.4) is 0 Å². The maximum Gasteiger partial charge on any atom is 0.340 e. The van der Waals surface area contributed by atoms with E-state index in [1.54, 1.807) is 13.8 Å². The van der Waals surface area contributed by atoms with Gasteiger partial charge in [-0.3, -0.25) is 4.79 Å². The lowest BCUT2D eigenvalue weighted by atomic mass is 9.95. The molecule has 1 aliphatic rings. The fraction of sp³-hybridized carbons (Fsp3) is 0.786. The van der Waals surface area contributed by atoms with E-state index in [9.17, 15) is 14.4 Å². The highest BCUT2D eigenvalue weighted by Crippen LogP contribution is 2.31. The number of carbonyl (C=O) groups is 3. The van der Waals surface area contributed by atoms with E-state index in [4.69, 9.17) is 15.2 Å². The molecule has 1 saturated carbocycles. The first-order valence-corrected chi connectivity index (χ1v) is 7.38. The van der Waals surface area contributed by atoms with Crippen molar-refractivity contribution in [1.29, 1.82) is 0 Å². The number of esters is 2. The summed E-state index contributed by atoms with van der Waals surface area (Å²) >= 11 is 0. The predicted molar refractivity (Wildman–Crippen MR) is 75.1 cm³/mol. The van der Waals surface area contributed by atoms with Gasteiger partial charge in [-0.2, -0.15) is 0 Å². The largest absolute Gasteiger partial charge is 0.464 e. The summed E-state index contributed by atoms with van der Waals surface area (Å²) in [6.07, 6.45) is 2.52. The number of nitrogens with one attached hydrogen (secondary N) is 1. The maximum atomic E-state index is 12.3. The quantitative estimate of drug-likeness (QED) is 0.505. The summed E-state index contributed by atoms with van der Waals surface area (Å²) in [5.41, 5.74) is 5.64. The fourth-order valence-electron chi connectivity index (χ4n) is 2.58. The third-order valence-corrected chi connectivity index (χ3v) is 3.63. The van der Waals surface area contributed by atoms with Crippen LogP contribution < -0.4 is 11.1 Å². The van der Waals surface area contributed by atoms with E-state index in [0.29, 0.717) is 13.0 Å². The second kappa shape index (κ2) is 8.61. The van der Waals surface area contributed by atoms with E-state index < -0.39 is 18.0 Å². The number of hydrogen-bond donors (Lipinski definition) is 2. The smallest absolute Gasteiger partial charge is 0.340 e. The molecule has 7 nitrogen and oxygen atoms in total. The van der Waals surface area contributed by atoms with Gasteiger partial charge in [0.15, 0.2) is 0 Å². The third-order valence-electron chi connectivity index (χ3n) is 3.63. The first-order chi connectivity index (χ1) is 10.0. The summed E-state index contributed by atoms with van der Waals surface area (Å²) < 4.78 is 9.62. The first kappa shape index (κ1) is 17.4. The van der Waals surface area contributed by atoms with Crippen molar-refractivity contribution in [3.05, 3.63) is 0 Å². The maximum absolute atomic E-state index is 12.3. The van der Waals surface area contributed by atoms with Crippen molar-refractivity contribution < 1.29 is 23.9 Å². The Bertz CT molecular complexity index is 368. The van der Waals surface area contributed by atoms with E-state index in [2.05, 4.69) is 5.32 Å². The Hall–Kier alpha value is -1.63. The van der Waals surface area contributed by atoms with Crippen molar-refractivity contribution in [3.63, 3.8) is 0 Å². The van der Waals surface area contributed by atoms with Gasteiger partial charge in [0.25, 0.3) is 0 Å². The van der Waals surface area contributed by atoms with Crippen molar-refractivity contribution in [2.75, 3.05) is 19.8 Å². The van der Waals surface area contributed by atoms with Crippen LogP contribution in [0, 0.1) is 11.8 Å². The minimum absolute atomic E-state index is 0.0926. The molecule has 2 atom stereocenters. The molecular formula is C14H24N2O5. The monoisotopic (exact) mass is 300 g/mol. The van der Waals surface area contributed by atoms with Gasteiger partial charge in [-0.1, -0.05) is 6.42 Å². The standard InChI is InChI=1S/C14H24N2O5/c1-3-20-13(18)11(14(19)21-4-2)16-12(17)10-7-5-6-9(10)8-15/h9-11H,3-8,15H2,1-2H3,(H,16,17)/t9-,10-/m1/s1. The molecule has 1 amide bonds. The van der Waals surface area contributed by atoms with E-state index in [0.717, 1.165) is 12.8 Å². The lowest BCUT2D eigenvalue weighted by Gasteiger charge is -2.21. The van der Waals surface area contributed by atoms with E-state index >= 15 is 0 Å². The second-order valence-corrected chi connectivity index (χ2v) is 4.98. The average molecular weight is 300 g/mol. The Kier molecular flexibility index (Phi) is 7.14. The van der Waals surface area contributed by atoms with Crippen LogP contribution in [0.4, 0.5) is 0 Å². The summed E-state index contributed by atoms with van der Waals surface area (Å²) in [5, 5.41) is 2.45. The molecule has 7 heteroatoms. The number of nitrogens with two attached hydrogens (primary N) is 1. The molecule has 0 saturated heterocycles. The van der Waals surface area contributed by atoms with Gasteiger partial charge in [-0.25, -0.2) is 9.59 Å². The van der Waals surface area contributed by atoms with Crippen molar-refractivity contribution in [3.8, 4) is 0 Å². The van der Waals surface area contributed by atoms with Crippen LogP contribution in [-0.2, 0) is 23.9 Å². The Labute approximate surface area is 124 Å². The second-order valence-electron chi connectivity index (χ2n) is 4.98. The average Bonchev–Trinajstić information content (AvgIpc) is 2.93. The Morgan fingerprint density at radius 1 is 1.14 bits per heavy atom. The molecule has 120 valence electrons. The van der Waals surface area contributed by atoms with Gasteiger partial charge in [-0.05, 0) is 39.2 Å². The summed E-state index contributed by atoms with van der Waals surface area (Å²) in [4.78, 5) is 35.9. The summed E-state index contributed by atoms with van der Waals surface area (Å²) in [5.74, 6) is -2.11. The van der Waals surface area contributed by atoms with Crippen LogP contribution in [-0.4, -0.2) is 43.6 Å². The molecule has 0 heterocycles. The predicted octanol–water partition coefficient (Wildman–Crippen LogP) is -0.0276. The van der Waals surface area contributed by atoms with Gasteiger partial charge in [0, 0.05) is 5.92 Å². The normalized spacial score (nSPS) is 21.1. The molecule has 0 aromatic heterocycles. The highest BCUT2D eigenvalue weighted by molar-refractivity contribution is 6.02. The molecule has 1 aliphatic carbocycles. The van der Waals surface area contributed by atoms with Crippen molar-refractivity contribution in [1.82, 2.24) is 5.32 Å². The van der Waals surface area contributed by atoms with Crippen LogP contribution in [0.25, 0.3) is 0 Å². The first-order valence-electron chi connectivity index (χ1n) is 7.38. The van der Waals surface area contributed by atoms with Crippen LogP contribution in [0.1, 0.15) is 33.1 Å². The van der Waals surface area contributed by atoms with Crippen LogP contribution in [0.2, 0.25) is 0 Å². The topological polar surface area (TPSA) is 108 Å². The Morgan fingerprint density at radius 2 is 1.71 bits per heavy atom. The minimum Gasteiger partial charge on any atom is -0.464 e. The van der Waals surface area contributed by atoms with Crippen molar-refractivity contribution in [2.45, 2.75) is 39.2 Å². The van der Waals surface area contributed by atoms with E-state index in [1.165, 1.54) is 0 Å². The summed E-state index contributed by atoms with van der Waals surface area (Å²) in [6, 6.07) is -1.41. The molecule has 3 N–H and O–H groups in total. The zero-order valence-electron chi connectivity index (χ0n) is 12.6. The fourth-order valence-corrected chi connectivity index (χ4v) is 2.58. The number of ether oxygens (including phenoxy) is 2. The van der Waals surface area contributed by atoms with Crippen LogP contribution in [0.5, 0.6) is 0 Å². The van der Waals surface area contributed by atoms with Gasteiger partial charge in [0.1, 0.15) is 0 Å². The van der Waals surface area contributed by atoms with Gasteiger partial charge in [0.05, 0.1) is 13.2 Å². The molecule has 1 fully saturated rings. The molecule has 0 radical (unpaired) electrons. The van der Waals surface area contributed by atoms with Gasteiger partial charge in [-0.15, -0.1) is 0 Å². The van der Waals surface area contributed by atoms with Crippen molar-refractivity contribution in [2.24, 2.45) is 17.6 Å².